The Kier molecular flexibility index (Phi) is 4.84. The van der Waals surface area contributed by atoms with Crippen molar-refractivity contribution in [2.45, 2.75) is 0 Å². The number of thiophene rings is 2. The summed E-state index contributed by atoms with van der Waals surface area (Å²) in [6.45, 7) is 0. The predicted molar refractivity (Wildman–Crippen MR) is 195 cm³/mol. The van der Waals surface area contributed by atoms with E-state index in [9.17, 15) is 0 Å². The van der Waals surface area contributed by atoms with Gasteiger partial charge in [0.15, 0.2) is 0 Å². The van der Waals surface area contributed by atoms with Gasteiger partial charge in [0.2, 0.25) is 11.7 Å². The average molecular weight is 624 g/mol. The summed E-state index contributed by atoms with van der Waals surface area (Å²) >= 11 is 3.67. The zero-order chi connectivity index (χ0) is 29.9. The summed E-state index contributed by atoms with van der Waals surface area (Å²) in [4.78, 5) is 10.6. The Labute approximate surface area is 269 Å². The van der Waals surface area contributed by atoms with Crippen LogP contribution in [0.1, 0.15) is 0 Å². The number of benzene rings is 6. The van der Waals surface area contributed by atoms with Crippen molar-refractivity contribution in [1.82, 2.24) is 14.5 Å². The number of rotatable bonds is 2. The van der Waals surface area contributed by atoms with Gasteiger partial charge in [0.1, 0.15) is 5.58 Å². The first-order valence-corrected chi connectivity index (χ1v) is 16.9. The molecule has 46 heavy (non-hydrogen) atoms. The number of fused-ring (bicyclic) bond motifs is 13. The van der Waals surface area contributed by atoms with Crippen LogP contribution in [0.3, 0.4) is 0 Å². The fraction of sp³-hybridized carbons (Fsp3) is 0. The summed E-state index contributed by atoms with van der Waals surface area (Å²) in [6, 6.07) is 45.3. The van der Waals surface area contributed by atoms with Crippen molar-refractivity contribution < 1.29 is 4.42 Å². The van der Waals surface area contributed by atoms with Gasteiger partial charge < -0.3 is 4.42 Å². The average Bonchev–Trinajstić information content (AvgIpc) is 3.85. The molecule has 0 aliphatic rings. The Bertz CT molecular complexity index is 3050. The summed E-state index contributed by atoms with van der Waals surface area (Å²) in [5.41, 5.74) is 5.46. The van der Waals surface area contributed by atoms with E-state index in [2.05, 4.69) is 114 Å². The van der Waals surface area contributed by atoms with Crippen LogP contribution in [-0.2, 0) is 0 Å². The highest BCUT2D eigenvalue weighted by Crippen LogP contribution is 2.44. The maximum atomic E-state index is 6.47. The Hall–Kier alpha value is -5.56. The van der Waals surface area contributed by atoms with Crippen LogP contribution in [0.25, 0.3) is 101 Å². The minimum absolute atomic E-state index is 0.587. The van der Waals surface area contributed by atoms with Gasteiger partial charge in [-0.3, -0.25) is 4.57 Å². The third-order valence-corrected chi connectivity index (χ3v) is 11.5. The van der Waals surface area contributed by atoms with E-state index in [0.29, 0.717) is 11.7 Å². The van der Waals surface area contributed by atoms with Gasteiger partial charge in [0.25, 0.3) is 0 Å². The van der Waals surface area contributed by atoms with Crippen molar-refractivity contribution in [2.24, 2.45) is 0 Å². The van der Waals surface area contributed by atoms with E-state index in [1.807, 2.05) is 40.9 Å². The van der Waals surface area contributed by atoms with E-state index in [1.54, 1.807) is 0 Å². The standard InChI is InChI=1S/C40H21N3OS2/c1-5-13-28-24(10-1)35-29(18-20-34-36(35)26-12-4-8-16-32(26)46-34)43(28)40-41-38(37-25-11-2-6-14-30(25)44-39(37)42-40)22-17-19-33-27(21-22)23-9-3-7-15-31(23)45-33/h1-21H. The lowest BCUT2D eigenvalue weighted by atomic mass is 10.0. The summed E-state index contributed by atoms with van der Waals surface area (Å²) < 4.78 is 13.8. The van der Waals surface area contributed by atoms with Crippen LogP contribution in [0.4, 0.5) is 0 Å². The van der Waals surface area contributed by atoms with Crippen molar-refractivity contribution in [3.8, 4) is 17.2 Å². The minimum Gasteiger partial charge on any atom is -0.437 e. The SMILES string of the molecule is c1ccc2c(c1)oc1nc(-n3c4ccccc4c4c5c(ccc43)sc3ccccc35)nc(-c3ccc4sc5ccccc5c4c3)c12. The molecular formula is C40H21N3OS2. The van der Waals surface area contributed by atoms with E-state index < -0.39 is 0 Å². The van der Waals surface area contributed by atoms with Crippen molar-refractivity contribution >= 4 is 107 Å². The van der Waals surface area contributed by atoms with Gasteiger partial charge in [-0.25, -0.2) is 4.98 Å². The second-order valence-electron chi connectivity index (χ2n) is 11.7. The van der Waals surface area contributed by atoms with Crippen LogP contribution < -0.4 is 0 Å². The number of furan rings is 1. The molecule has 0 aliphatic carbocycles. The van der Waals surface area contributed by atoms with Gasteiger partial charge in [-0.2, -0.15) is 4.98 Å². The van der Waals surface area contributed by atoms with Gasteiger partial charge >= 0.3 is 0 Å². The lowest BCUT2D eigenvalue weighted by molar-refractivity contribution is 0.651. The molecule has 0 saturated carbocycles. The highest BCUT2D eigenvalue weighted by molar-refractivity contribution is 7.26. The minimum atomic E-state index is 0.587. The fourth-order valence-electron chi connectivity index (χ4n) is 7.28. The number of hydrogen-bond acceptors (Lipinski definition) is 5. The first kappa shape index (κ1) is 24.7. The maximum absolute atomic E-state index is 6.47. The van der Waals surface area contributed by atoms with Gasteiger partial charge in [-0.05, 0) is 48.5 Å². The lowest BCUT2D eigenvalue weighted by Gasteiger charge is -2.10. The first-order valence-electron chi connectivity index (χ1n) is 15.2. The highest BCUT2D eigenvalue weighted by atomic mass is 32.1. The Morgan fingerprint density at radius 2 is 1.15 bits per heavy atom. The zero-order valence-corrected chi connectivity index (χ0v) is 25.8. The van der Waals surface area contributed by atoms with Crippen LogP contribution in [0.2, 0.25) is 0 Å². The van der Waals surface area contributed by atoms with Gasteiger partial charge in [-0.1, -0.05) is 78.9 Å². The van der Waals surface area contributed by atoms with Crippen LogP contribution in [0.15, 0.2) is 132 Å². The predicted octanol–water partition coefficient (Wildman–Crippen LogP) is 11.9. The van der Waals surface area contributed by atoms with Crippen LogP contribution in [-0.4, -0.2) is 14.5 Å². The lowest BCUT2D eigenvalue weighted by Crippen LogP contribution is -2.02. The number of aromatic nitrogens is 3. The molecule has 6 heteroatoms. The Morgan fingerprint density at radius 3 is 2.04 bits per heavy atom. The van der Waals surface area contributed by atoms with Crippen molar-refractivity contribution in [3.05, 3.63) is 127 Å². The van der Waals surface area contributed by atoms with Crippen molar-refractivity contribution in [3.63, 3.8) is 0 Å². The summed E-state index contributed by atoms with van der Waals surface area (Å²) in [5.74, 6) is 0.599. The zero-order valence-electron chi connectivity index (χ0n) is 24.2. The molecule has 6 aromatic carbocycles. The van der Waals surface area contributed by atoms with E-state index >= 15 is 0 Å². The number of nitrogens with zero attached hydrogens (tertiary/aromatic N) is 3. The molecule has 0 saturated heterocycles. The van der Waals surface area contributed by atoms with E-state index in [-0.39, 0.29) is 0 Å². The second-order valence-corrected chi connectivity index (χ2v) is 13.9. The molecule has 214 valence electrons. The third kappa shape index (κ3) is 3.27. The smallest absolute Gasteiger partial charge is 0.238 e. The highest BCUT2D eigenvalue weighted by Gasteiger charge is 2.23. The fourth-order valence-corrected chi connectivity index (χ4v) is 9.48. The molecular weight excluding hydrogens is 603 g/mol. The van der Waals surface area contributed by atoms with Crippen LogP contribution >= 0.6 is 22.7 Å². The molecule has 0 aliphatic heterocycles. The van der Waals surface area contributed by atoms with E-state index in [1.165, 1.54) is 51.1 Å². The van der Waals surface area contributed by atoms with Crippen LogP contribution in [0.5, 0.6) is 0 Å². The molecule has 0 bridgehead atoms. The molecule has 11 aromatic rings. The van der Waals surface area contributed by atoms with Gasteiger partial charge in [0, 0.05) is 62.1 Å². The van der Waals surface area contributed by atoms with E-state index in [0.717, 1.165) is 38.6 Å². The molecule has 0 spiro atoms. The molecule has 0 amide bonds. The second kappa shape index (κ2) is 9.01. The molecule has 0 fully saturated rings. The maximum Gasteiger partial charge on any atom is 0.238 e. The number of hydrogen-bond donors (Lipinski definition) is 0. The normalized spacial score (nSPS) is 12.3. The molecule has 4 nitrogen and oxygen atoms in total. The topological polar surface area (TPSA) is 43.9 Å². The summed E-state index contributed by atoms with van der Waals surface area (Å²) in [6.07, 6.45) is 0. The molecule has 0 atom stereocenters. The molecule has 0 N–H and O–H groups in total. The Balaban J connectivity index is 1.28. The summed E-state index contributed by atoms with van der Waals surface area (Å²) in [5, 5.41) is 9.44. The monoisotopic (exact) mass is 623 g/mol. The molecule has 11 rings (SSSR count). The van der Waals surface area contributed by atoms with Gasteiger partial charge in [0.05, 0.1) is 22.1 Å². The largest absolute Gasteiger partial charge is 0.437 e. The van der Waals surface area contributed by atoms with E-state index in [4.69, 9.17) is 14.4 Å². The third-order valence-electron chi connectivity index (χ3n) is 9.25. The van der Waals surface area contributed by atoms with Gasteiger partial charge in [-0.15, -0.1) is 22.7 Å². The molecule has 0 unspecified atom stereocenters. The Morgan fingerprint density at radius 1 is 0.478 bits per heavy atom. The molecule has 0 radical (unpaired) electrons. The molecule has 5 aromatic heterocycles. The first-order chi connectivity index (χ1) is 22.8. The number of para-hydroxylation sites is 2. The molecule has 5 heterocycles. The van der Waals surface area contributed by atoms with Crippen molar-refractivity contribution in [2.75, 3.05) is 0 Å². The van der Waals surface area contributed by atoms with Crippen molar-refractivity contribution in [1.29, 1.82) is 0 Å². The summed E-state index contributed by atoms with van der Waals surface area (Å²) in [7, 11) is 0. The van der Waals surface area contributed by atoms with Crippen LogP contribution in [0, 0.1) is 0 Å². The quantitative estimate of drug-likeness (QED) is 0.192.